The highest BCUT2D eigenvalue weighted by Crippen LogP contribution is 2.22. The van der Waals surface area contributed by atoms with Gasteiger partial charge < -0.3 is 9.80 Å². The Labute approximate surface area is 158 Å². The quantitative estimate of drug-likeness (QED) is 0.784. The number of likely N-dealkylation sites (N-methyl/N-ethyl adjacent to an activating group) is 1. The number of hydrogen-bond donors (Lipinski definition) is 0. The van der Waals surface area contributed by atoms with Crippen LogP contribution < -0.4 is 5.56 Å². The topological polar surface area (TPSA) is 58.4 Å². The lowest BCUT2D eigenvalue weighted by Crippen LogP contribution is -2.46. The molecule has 0 spiro atoms. The molecule has 0 radical (unpaired) electrons. The Balaban J connectivity index is 1.50. The van der Waals surface area contributed by atoms with E-state index in [-0.39, 0.29) is 11.9 Å². The third kappa shape index (κ3) is 5.12. The van der Waals surface area contributed by atoms with E-state index in [4.69, 9.17) is 0 Å². The minimum atomic E-state index is -2.72. The largest absolute Gasteiger partial charge is 0.341 e. The zero-order valence-corrected chi connectivity index (χ0v) is 15.8. The van der Waals surface area contributed by atoms with E-state index in [1.807, 2.05) is 11.9 Å². The molecule has 2 fully saturated rings. The second-order valence-corrected chi connectivity index (χ2v) is 7.75. The van der Waals surface area contributed by atoms with Crippen molar-refractivity contribution in [3.8, 4) is 0 Å². The number of halogens is 2. The number of rotatable bonds is 5. The van der Waals surface area contributed by atoms with Crippen molar-refractivity contribution in [3.63, 3.8) is 0 Å². The van der Waals surface area contributed by atoms with Crippen LogP contribution in [0.3, 0.4) is 0 Å². The van der Waals surface area contributed by atoms with Crippen molar-refractivity contribution in [3.05, 3.63) is 28.4 Å². The summed E-state index contributed by atoms with van der Waals surface area (Å²) in [6.07, 6.45) is 4.21. The van der Waals surface area contributed by atoms with Crippen LogP contribution in [0.4, 0.5) is 8.78 Å². The fourth-order valence-corrected chi connectivity index (χ4v) is 4.07. The number of carbonyl (C=O) groups excluding carboxylic acids is 1. The molecule has 0 saturated carbocycles. The standard InChI is InChI=1S/C19H28F2N4O2/c1-23-15(4-2-3-5-17(23)26)12-24-8-6-14(7-9-24)11-25-13-22-16(19(20)21)10-18(25)27/h10,13-15,19H,2-9,11-12H2,1H3. The van der Waals surface area contributed by atoms with E-state index in [1.165, 1.54) is 10.9 Å². The Hall–Kier alpha value is -1.83. The van der Waals surface area contributed by atoms with Crippen molar-refractivity contribution in [2.75, 3.05) is 26.7 Å². The molecule has 1 atom stereocenters. The van der Waals surface area contributed by atoms with Crippen LogP contribution in [0.5, 0.6) is 0 Å². The van der Waals surface area contributed by atoms with Gasteiger partial charge in [-0.1, -0.05) is 6.42 Å². The summed E-state index contributed by atoms with van der Waals surface area (Å²) in [5, 5.41) is 0. The van der Waals surface area contributed by atoms with E-state index in [1.54, 1.807) is 0 Å². The minimum Gasteiger partial charge on any atom is -0.341 e. The third-order valence-electron chi connectivity index (χ3n) is 5.87. The molecule has 2 aliphatic heterocycles. The average molecular weight is 382 g/mol. The Bertz CT molecular complexity index is 701. The number of alkyl halides is 2. The van der Waals surface area contributed by atoms with Gasteiger partial charge in [0.15, 0.2) is 0 Å². The molecule has 0 N–H and O–H groups in total. The monoisotopic (exact) mass is 382 g/mol. The van der Waals surface area contributed by atoms with Gasteiger partial charge in [0.05, 0.1) is 6.33 Å². The number of piperidine rings is 1. The van der Waals surface area contributed by atoms with Gasteiger partial charge in [-0.15, -0.1) is 0 Å². The molecule has 0 aliphatic carbocycles. The van der Waals surface area contributed by atoms with Gasteiger partial charge in [-0.3, -0.25) is 14.2 Å². The van der Waals surface area contributed by atoms with E-state index >= 15 is 0 Å². The maximum atomic E-state index is 12.6. The summed E-state index contributed by atoms with van der Waals surface area (Å²) in [6, 6.07) is 1.21. The van der Waals surface area contributed by atoms with Gasteiger partial charge in [-0.05, 0) is 44.7 Å². The summed E-state index contributed by atoms with van der Waals surface area (Å²) in [4.78, 5) is 32.0. The van der Waals surface area contributed by atoms with Crippen molar-refractivity contribution in [2.24, 2.45) is 5.92 Å². The summed E-state index contributed by atoms with van der Waals surface area (Å²) in [6.45, 7) is 3.28. The molecular weight excluding hydrogens is 354 g/mol. The van der Waals surface area contributed by atoms with Gasteiger partial charge in [0.1, 0.15) is 5.69 Å². The lowest BCUT2D eigenvalue weighted by molar-refractivity contribution is -0.131. The minimum absolute atomic E-state index is 0.242. The van der Waals surface area contributed by atoms with Crippen LogP contribution in [0.1, 0.15) is 50.6 Å². The highest BCUT2D eigenvalue weighted by atomic mass is 19.3. The van der Waals surface area contributed by atoms with Crippen molar-refractivity contribution in [1.29, 1.82) is 0 Å². The van der Waals surface area contributed by atoms with Crippen LogP contribution in [0.15, 0.2) is 17.2 Å². The number of likely N-dealkylation sites (tertiary alicyclic amines) is 2. The number of nitrogens with zero attached hydrogens (tertiary/aromatic N) is 4. The second kappa shape index (κ2) is 8.91. The van der Waals surface area contributed by atoms with Crippen molar-refractivity contribution >= 4 is 5.91 Å². The van der Waals surface area contributed by atoms with Gasteiger partial charge in [-0.25, -0.2) is 13.8 Å². The molecule has 2 aliphatic rings. The van der Waals surface area contributed by atoms with Gasteiger partial charge in [0, 0.05) is 38.7 Å². The second-order valence-electron chi connectivity index (χ2n) is 7.75. The highest BCUT2D eigenvalue weighted by Gasteiger charge is 2.27. The molecule has 3 heterocycles. The zero-order chi connectivity index (χ0) is 19.4. The maximum Gasteiger partial charge on any atom is 0.280 e. The number of aromatic nitrogens is 2. The predicted molar refractivity (Wildman–Crippen MR) is 97.6 cm³/mol. The zero-order valence-electron chi connectivity index (χ0n) is 15.8. The molecule has 3 rings (SSSR count). The SMILES string of the molecule is CN1C(=O)CCCCC1CN1CCC(Cn2cnc(C(F)F)cc2=O)CC1. The van der Waals surface area contributed by atoms with Crippen LogP contribution in [0, 0.1) is 5.92 Å². The molecule has 0 aromatic carbocycles. The van der Waals surface area contributed by atoms with Crippen LogP contribution >= 0.6 is 0 Å². The molecular formula is C19H28F2N4O2. The molecule has 2 saturated heterocycles. The van der Waals surface area contributed by atoms with Crippen molar-refractivity contribution in [2.45, 2.75) is 57.5 Å². The van der Waals surface area contributed by atoms with Crippen molar-refractivity contribution < 1.29 is 13.6 Å². The molecule has 1 aromatic heterocycles. The van der Waals surface area contributed by atoms with E-state index < -0.39 is 17.7 Å². The summed E-state index contributed by atoms with van der Waals surface area (Å²) < 4.78 is 26.7. The fraction of sp³-hybridized carbons (Fsp3) is 0.737. The first-order valence-electron chi connectivity index (χ1n) is 9.76. The molecule has 150 valence electrons. The summed E-state index contributed by atoms with van der Waals surface area (Å²) in [5.74, 6) is 0.582. The lowest BCUT2D eigenvalue weighted by Gasteiger charge is -2.36. The predicted octanol–water partition coefficient (Wildman–Crippen LogP) is 2.29. The van der Waals surface area contributed by atoms with Crippen LogP contribution in [0.25, 0.3) is 0 Å². The van der Waals surface area contributed by atoms with Gasteiger partial charge in [0.25, 0.3) is 12.0 Å². The van der Waals surface area contributed by atoms with E-state index in [2.05, 4.69) is 9.88 Å². The molecule has 27 heavy (non-hydrogen) atoms. The Morgan fingerprint density at radius 3 is 2.56 bits per heavy atom. The molecule has 0 bridgehead atoms. The van der Waals surface area contributed by atoms with Crippen LogP contribution in [-0.4, -0.2) is 58.0 Å². The van der Waals surface area contributed by atoms with Crippen LogP contribution in [0.2, 0.25) is 0 Å². The Kier molecular flexibility index (Phi) is 6.57. The van der Waals surface area contributed by atoms with Crippen LogP contribution in [-0.2, 0) is 11.3 Å². The van der Waals surface area contributed by atoms with Crippen molar-refractivity contribution in [1.82, 2.24) is 19.4 Å². The van der Waals surface area contributed by atoms with Gasteiger partial charge in [0.2, 0.25) is 5.91 Å². The average Bonchev–Trinajstić information content (AvgIpc) is 2.80. The number of hydrogen-bond acceptors (Lipinski definition) is 4. The fourth-order valence-electron chi connectivity index (χ4n) is 4.07. The lowest BCUT2D eigenvalue weighted by atomic mass is 9.96. The summed E-state index contributed by atoms with van der Waals surface area (Å²) >= 11 is 0. The Morgan fingerprint density at radius 1 is 1.15 bits per heavy atom. The molecule has 8 heteroatoms. The first-order valence-corrected chi connectivity index (χ1v) is 9.76. The van der Waals surface area contributed by atoms with E-state index in [9.17, 15) is 18.4 Å². The number of amides is 1. The van der Waals surface area contributed by atoms with Gasteiger partial charge in [-0.2, -0.15) is 0 Å². The summed E-state index contributed by atoms with van der Waals surface area (Å²) in [7, 11) is 1.91. The third-order valence-corrected chi connectivity index (χ3v) is 5.87. The molecule has 6 nitrogen and oxygen atoms in total. The first kappa shape index (κ1) is 19.9. The van der Waals surface area contributed by atoms with E-state index in [0.29, 0.717) is 18.9 Å². The normalized spacial score (nSPS) is 23.0. The molecule has 1 amide bonds. The maximum absolute atomic E-state index is 12.6. The van der Waals surface area contributed by atoms with Gasteiger partial charge >= 0.3 is 0 Å². The molecule has 1 unspecified atom stereocenters. The smallest absolute Gasteiger partial charge is 0.280 e. The number of carbonyl (C=O) groups is 1. The first-order chi connectivity index (χ1) is 12.9. The summed E-state index contributed by atoms with van der Waals surface area (Å²) in [5.41, 5.74) is -0.880. The van der Waals surface area contributed by atoms with E-state index in [0.717, 1.165) is 57.8 Å². The Morgan fingerprint density at radius 2 is 1.89 bits per heavy atom. The molecule has 1 aromatic rings. The highest BCUT2D eigenvalue weighted by molar-refractivity contribution is 5.76.